The fraction of sp³-hybridized carbons (Fsp3) is 1.00. The molecular formula is CH6NP2+. The highest BCUT2D eigenvalue weighted by Crippen LogP contribution is 1.89. The SMILES string of the molecule is [NH2+]=PCP. The van der Waals surface area contributed by atoms with Crippen LogP contribution in [0.5, 0.6) is 0 Å². The lowest BCUT2D eigenvalue weighted by atomic mass is 11.9. The monoisotopic (exact) mass is 94.0 g/mol. The van der Waals surface area contributed by atoms with E-state index in [1.54, 1.807) is 0 Å². The highest BCUT2D eigenvalue weighted by molar-refractivity contribution is 7.39. The summed E-state index contributed by atoms with van der Waals surface area (Å²) in [6.45, 7) is 0. The maximum absolute atomic E-state index is 4.98. The maximum Gasteiger partial charge on any atom is 0.207 e. The summed E-state index contributed by atoms with van der Waals surface area (Å²) in [4.78, 5) is 0. The molecule has 0 aromatic carbocycles. The van der Waals surface area contributed by atoms with Crippen LogP contribution in [-0.4, -0.2) is 5.90 Å². The molecule has 24 valence electrons. The second kappa shape index (κ2) is 3.53. The average Bonchev–Trinajstić information content (AvgIpc) is 1.37. The van der Waals surface area contributed by atoms with Crippen molar-refractivity contribution in [3.63, 3.8) is 0 Å². The van der Waals surface area contributed by atoms with Crippen molar-refractivity contribution < 1.29 is 5.16 Å². The quantitative estimate of drug-likeness (QED) is 0.432. The van der Waals surface area contributed by atoms with Crippen molar-refractivity contribution >= 4 is 17.6 Å². The minimum Gasteiger partial charge on any atom is -0.245 e. The lowest BCUT2D eigenvalue weighted by Crippen LogP contribution is -2.16. The zero-order chi connectivity index (χ0) is 3.41. The number of hydrogen-bond donors (Lipinski definition) is 1. The molecule has 0 fully saturated rings. The molecular weight excluding hydrogens is 88.0 g/mol. The first-order chi connectivity index (χ1) is 1.91. The third-order valence-electron chi connectivity index (χ3n) is 0.105. The van der Waals surface area contributed by atoms with Crippen LogP contribution in [-0.2, 0) is 0 Å². The highest BCUT2D eigenvalue weighted by atomic mass is 31.1. The van der Waals surface area contributed by atoms with E-state index in [-0.39, 0.29) is 0 Å². The molecule has 4 heavy (non-hydrogen) atoms. The summed E-state index contributed by atoms with van der Waals surface area (Å²) in [6, 6.07) is 0. The van der Waals surface area contributed by atoms with E-state index in [9.17, 15) is 0 Å². The van der Waals surface area contributed by atoms with Gasteiger partial charge in [-0.25, -0.2) is 5.16 Å². The van der Waals surface area contributed by atoms with Gasteiger partial charge in [-0.2, -0.15) is 0 Å². The summed E-state index contributed by atoms with van der Waals surface area (Å²) >= 11 is 0. The lowest BCUT2D eigenvalue weighted by molar-refractivity contribution is -0.0754. The third kappa shape index (κ3) is 2.53. The molecule has 0 aliphatic heterocycles. The lowest BCUT2D eigenvalue weighted by Gasteiger charge is -1.47. The minimum absolute atomic E-state index is 0.961. The van der Waals surface area contributed by atoms with Crippen LogP contribution in [0.1, 0.15) is 0 Å². The predicted octanol–water partition coefficient (Wildman–Crippen LogP) is -0.292. The summed E-state index contributed by atoms with van der Waals surface area (Å²) in [5.41, 5.74) is 0. The van der Waals surface area contributed by atoms with Crippen molar-refractivity contribution in [3.8, 4) is 0 Å². The Balaban J connectivity index is 2.30. The van der Waals surface area contributed by atoms with E-state index in [4.69, 9.17) is 5.16 Å². The molecule has 1 unspecified atom stereocenters. The molecule has 0 heterocycles. The number of rotatable bonds is 1. The number of nitrogens with two attached hydrogens (primary N) is 1. The zero-order valence-corrected chi connectivity index (χ0v) is 4.36. The van der Waals surface area contributed by atoms with E-state index in [1.807, 2.05) is 0 Å². The van der Waals surface area contributed by atoms with Crippen molar-refractivity contribution in [2.24, 2.45) is 0 Å². The Morgan fingerprint density at radius 3 is 2.25 bits per heavy atom. The molecule has 0 radical (unpaired) electrons. The Hall–Kier alpha value is 0.530. The van der Waals surface area contributed by atoms with E-state index in [0.29, 0.717) is 0 Å². The molecule has 0 saturated heterocycles. The molecule has 0 amide bonds. The van der Waals surface area contributed by atoms with Crippen LogP contribution in [0.25, 0.3) is 0 Å². The summed E-state index contributed by atoms with van der Waals surface area (Å²) in [6.07, 6.45) is 0. The molecule has 0 aromatic heterocycles. The first kappa shape index (κ1) is 4.53. The van der Waals surface area contributed by atoms with Crippen LogP contribution in [0.2, 0.25) is 0 Å². The maximum atomic E-state index is 4.98. The van der Waals surface area contributed by atoms with Crippen molar-refractivity contribution in [2.45, 2.75) is 0 Å². The van der Waals surface area contributed by atoms with E-state index >= 15 is 0 Å². The van der Waals surface area contributed by atoms with Crippen LogP contribution < -0.4 is 5.16 Å². The largest absolute Gasteiger partial charge is 0.245 e. The van der Waals surface area contributed by atoms with Gasteiger partial charge in [0.05, 0.1) is 5.90 Å². The average molecular weight is 94.0 g/mol. The predicted molar refractivity (Wildman–Crippen MR) is 23.4 cm³/mol. The van der Waals surface area contributed by atoms with Crippen LogP contribution in [0.4, 0.5) is 0 Å². The number of hydrogen-bond acceptors (Lipinski definition) is 0. The van der Waals surface area contributed by atoms with Crippen molar-refractivity contribution in [1.82, 2.24) is 0 Å². The Morgan fingerprint density at radius 1 is 2.00 bits per heavy atom. The summed E-state index contributed by atoms with van der Waals surface area (Å²) in [5, 5.41) is 4.98. The van der Waals surface area contributed by atoms with Gasteiger partial charge in [-0.05, 0) is 0 Å². The van der Waals surface area contributed by atoms with Gasteiger partial charge in [0.2, 0.25) is 8.37 Å². The molecule has 0 rings (SSSR count). The van der Waals surface area contributed by atoms with Gasteiger partial charge in [0.25, 0.3) is 0 Å². The van der Waals surface area contributed by atoms with Crippen molar-refractivity contribution in [3.05, 3.63) is 0 Å². The van der Waals surface area contributed by atoms with E-state index in [1.165, 1.54) is 0 Å². The topological polar surface area (TPSA) is 25.6 Å². The molecule has 0 aliphatic carbocycles. The first-order valence-electron chi connectivity index (χ1n) is 0.983. The van der Waals surface area contributed by atoms with Gasteiger partial charge in [-0.15, -0.1) is 9.24 Å². The summed E-state index contributed by atoms with van der Waals surface area (Å²) in [5.74, 6) is 0.986. The van der Waals surface area contributed by atoms with Gasteiger partial charge in [0, 0.05) is 0 Å². The molecule has 0 aliphatic rings. The minimum atomic E-state index is 0.961. The van der Waals surface area contributed by atoms with Gasteiger partial charge >= 0.3 is 0 Å². The second-order valence-corrected chi connectivity index (χ2v) is 2.19. The Kier molecular flexibility index (Phi) is 4.00. The Morgan fingerprint density at radius 2 is 2.25 bits per heavy atom. The fourth-order valence-corrected chi connectivity index (χ4v) is 0. The fourth-order valence-electron chi connectivity index (χ4n) is 0. The van der Waals surface area contributed by atoms with Crippen molar-refractivity contribution in [2.75, 3.05) is 5.90 Å². The van der Waals surface area contributed by atoms with Crippen LogP contribution in [0, 0.1) is 0 Å². The van der Waals surface area contributed by atoms with Crippen molar-refractivity contribution in [1.29, 1.82) is 0 Å². The second-order valence-electron chi connectivity index (χ2n) is 0.365. The van der Waals surface area contributed by atoms with Crippen LogP contribution in [0.15, 0.2) is 0 Å². The Labute approximate surface area is 29.7 Å². The van der Waals surface area contributed by atoms with Crippen LogP contribution in [0.3, 0.4) is 0 Å². The smallest absolute Gasteiger partial charge is 0.207 e. The van der Waals surface area contributed by atoms with Gasteiger partial charge in [0.15, 0.2) is 0 Å². The summed E-state index contributed by atoms with van der Waals surface area (Å²) < 4.78 is 0. The molecule has 0 bridgehead atoms. The third-order valence-corrected chi connectivity index (χ3v) is 0.949. The van der Waals surface area contributed by atoms with Gasteiger partial charge in [0.1, 0.15) is 0 Å². The van der Waals surface area contributed by atoms with Crippen LogP contribution >= 0.6 is 17.6 Å². The molecule has 2 N–H and O–H groups in total. The molecule has 3 heteroatoms. The van der Waals surface area contributed by atoms with E-state index in [0.717, 1.165) is 14.3 Å². The van der Waals surface area contributed by atoms with E-state index < -0.39 is 0 Å². The molecule has 1 atom stereocenters. The molecule has 0 aromatic rings. The van der Waals surface area contributed by atoms with E-state index in [2.05, 4.69) is 9.24 Å². The standard InChI is InChI=1S/CH5NP2/c2-4-1-3/h2H,1,3H2/p+1. The molecule has 1 nitrogen and oxygen atoms in total. The normalized spacial score (nSPS) is 8.25. The highest BCUT2D eigenvalue weighted by Gasteiger charge is 1.57. The molecule has 0 saturated carbocycles. The first-order valence-corrected chi connectivity index (χ1v) is 2.95. The zero-order valence-electron chi connectivity index (χ0n) is 2.31. The van der Waals surface area contributed by atoms with Gasteiger partial charge in [-0.1, -0.05) is 0 Å². The summed E-state index contributed by atoms with van der Waals surface area (Å²) in [7, 11) is 3.48. The van der Waals surface area contributed by atoms with Gasteiger partial charge in [-0.3, -0.25) is 0 Å². The van der Waals surface area contributed by atoms with Gasteiger partial charge < -0.3 is 0 Å². The Bertz CT molecular complexity index is 20.0. The molecule has 0 spiro atoms.